The summed E-state index contributed by atoms with van der Waals surface area (Å²) in [5.41, 5.74) is 21.3. The second kappa shape index (κ2) is 33.7. The Bertz CT molecular complexity index is 5670. The zero-order valence-electron chi connectivity index (χ0n) is 57.5. The van der Waals surface area contributed by atoms with Gasteiger partial charge in [0.25, 0.3) is 0 Å². The van der Waals surface area contributed by atoms with Gasteiger partial charge >= 0.3 is 0 Å². The van der Waals surface area contributed by atoms with E-state index in [1.807, 2.05) is 140 Å². The molecule has 0 aliphatic heterocycles. The highest BCUT2D eigenvalue weighted by atomic mass is 35.7. The molecule has 15 aromatic rings. The fraction of sp³-hybridized carbons (Fsp3) is 0.0741. The number of fused-ring (bicyclic) bond motifs is 3. The SMILES string of the molecule is CS(=O)(=O)Cl.CS(=O)(=O)Nc1cncc(-c2nnc(NCc3ccccc3)c3c(-c4ccccc4)cccc23)c1.CS(=O)(=O)Nc1cncc(-c2nnc(NCc3ccccc3)c3c(-c4ccccc4)cccc23)c1.Nc1cncc(-c2nnc(NCc3ccccc3)c3c(-c4ccccc4)cccc23)c1. The third-order valence-electron chi connectivity index (χ3n) is 16.2. The van der Waals surface area contributed by atoms with Gasteiger partial charge < -0.3 is 21.7 Å². The standard InChI is InChI=1S/2C27H23N5O2S.C26H21N5.CH3ClO2S/c2*1-35(33,34)32-22-15-21(17-28-18-22)26-24-14-8-13-23(20-11-6-3-7-12-20)25(24)27(31-30-26)29-16-19-9-4-2-5-10-19;27-21-14-20(16-28-17-21)25-23-13-7-12-22(19-10-5-2-6-11-19)24(23)26(31-30-25)29-15-18-8-3-1-4-9-18;1-5(2,3)4/h2*2-15,17-18,32H,16H2,1H3,(H,29,31);1-14,16-17H,15,27H2,(H,29,31);1H3. The van der Waals surface area contributed by atoms with Crippen LogP contribution in [-0.4, -0.2) is 89.6 Å². The van der Waals surface area contributed by atoms with E-state index in [0.717, 1.165) is 113 Å². The van der Waals surface area contributed by atoms with Crippen LogP contribution in [0.1, 0.15) is 16.7 Å². The minimum atomic E-state index is -3.44. The van der Waals surface area contributed by atoms with Gasteiger partial charge in [-0.15, -0.1) is 30.6 Å². The molecule has 15 rings (SSSR count). The summed E-state index contributed by atoms with van der Waals surface area (Å²) >= 11 is 0. The van der Waals surface area contributed by atoms with Gasteiger partial charge in [0.2, 0.25) is 29.1 Å². The quantitative estimate of drug-likeness (QED) is 0.0410. The predicted molar refractivity (Wildman–Crippen MR) is 428 cm³/mol. The van der Waals surface area contributed by atoms with E-state index in [0.29, 0.717) is 70.8 Å². The smallest absolute Gasteiger partial charge is 0.229 e. The summed E-state index contributed by atoms with van der Waals surface area (Å²) < 4.78 is 70.6. The van der Waals surface area contributed by atoms with Crippen molar-refractivity contribution in [2.45, 2.75) is 19.6 Å². The Hall–Kier alpha value is -12.6. The molecule has 0 saturated heterocycles. The van der Waals surface area contributed by atoms with Crippen molar-refractivity contribution in [2.75, 3.05) is 49.9 Å². The van der Waals surface area contributed by atoms with E-state index in [-0.39, 0.29) is 0 Å². The number of nitrogens with two attached hydrogens (primary N) is 1. The van der Waals surface area contributed by atoms with Crippen molar-refractivity contribution in [2.24, 2.45) is 0 Å². The topological polar surface area (TPSA) is 305 Å². The van der Waals surface area contributed by atoms with E-state index in [4.69, 9.17) is 5.73 Å². The number of sulfonamides is 2. The first kappa shape index (κ1) is 73.2. The molecule has 6 aromatic heterocycles. The zero-order valence-corrected chi connectivity index (χ0v) is 60.7. The maximum Gasteiger partial charge on any atom is 0.229 e. The second-order valence-electron chi connectivity index (χ2n) is 24.4. The normalized spacial score (nSPS) is 11.2. The average molecular weight is 1480 g/mol. The minimum Gasteiger partial charge on any atom is -0.397 e. The molecule has 6 heterocycles. The van der Waals surface area contributed by atoms with Crippen molar-refractivity contribution in [1.82, 2.24) is 45.5 Å². The number of nitrogen functional groups attached to an aromatic ring is 1. The van der Waals surface area contributed by atoms with E-state index < -0.39 is 29.1 Å². The van der Waals surface area contributed by atoms with Crippen LogP contribution in [0.3, 0.4) is 0 Å². The van der Waals surface area contributed by atoms with Crippen LogP contribution in [0, 0.1) is 0 Å². The summed E-state index contributed by atoms with van der Waals surface area (Å²) in [6.45, 7) is 1.86. The van der Waals surface area contributed by atoms with E-state index in [2.05, 4.69) is 185 Å². The van der Waals surface area contributed by atoms with Crippen molar-refractivity contribution < 1.29 is 25.3 Å². The Morgan fingerprint density at radius 3 is 0.877 bits per heavy atom. The van der Waals surface area contributed by atoms with Crippen LogP contribution < -0.4 is 31.1 Å². The minimum absolute atomic E-state index is 0.366. The highest BCUT2D eigenvalue weighted by Gasteiger charge is 2.21. The lowest BCUT2D eigenvalue weighted by Gasteiger charge is -2.15. The molecule has 106 heavy (non-hydrogen) atoms. The number of hydrogen-bond acceptors (Lipinski definition) is 19. The first-order valence-corrected chi connectivity index (χ1v) is 39.6. The number of pyridine rings is 3. The largest absolute Gasteiger partial charge is 0.397 e. The fourth-order valence-electron chi connectivity index (χ4n) is 11.8. The second-order valence-corrected chi connectivity index (χ2v) is 30.9. The molecule has 0 bridgehead atoms. The van der Waals surface area contributed by atoms with Crippen LogP contribution in [0.4, 0.5) is 34.5 Å². The maximum atomic E-state index is 11.7. The van der Waals surface area contributed by atoms with Gasteiger partial charge in [-0.1, -0.05) is 237 Å². The Morgan fingerprint density at radius 1 is 0.321 bits per heavy atom. The van der Waals surface area contributed by atoms with Gasteiger partial charge in [-0.05, 0) is 68.3 Å². The molecule has 7 N–H and O–H groups in total. The summed E-state index contributed by atoms with van der Waals surface area (Å²) in [4.78, 5) is 12.7. The molecule has 0 saturated carbocycles. The van der Waals surface area contributed by atoms with Crippen molar-refractivity contribution in [3.8, 4) is 67.2 Å². The number of benzene rings is 9. The molecule has 9 aromatic carbocycles. The molecule has 0 aliphatic rings. The number of halogens is 1. The summed E-state index contributed by atoms with van der Waals surface area (Å²) in [5, 5.41) is 43.4. The fourth-order valence-corrected chi connectivity index (χ4v) is 12.9. The number of aromatic nitrogens is 9. The molecule has 0 atom stereocenters. The number of nitrogens with one attached hydrogen (secondary N) is 5. The maximum absolute atomic E-state index is 11.7. The number of rotatable bonds is 19. The van der Waals surface area contributed by atoms with Crippen LogP contribution in [0.15, 0.2) is 292 Å². The molecular weight excluding hydrogens is 1410 g/mol. The number of nitrogens with zero attached hydrogens (tertiary/aromatic N) is 9. The monoisotopic (exact) mass is 1480 g/mol. The molecule has 25 heteroatoms. The van der Waals surface area contributed by atoms with E-state index >= 15 is 0 Å². The van der Waals surface area contributed by atoms with Crippen LogP contribution in [0.5, 0.6) is 0 Å². The Balaban J connectivity index is 0.000000144. The summed E-state index contributed by atoms with van der Waals surface area (Å²) in [5.74, 6) is 2.09. The summed E-state index contributed by atoms with van der Waals surface area (Å²) in [6.07, 6.45) is 12.8. The van der Waals surface area contributed by atoms with Crippen LogP contribution in [0.2, 0.25) is 0 Å². The first-order chi connectivity index (χ1) is 51.2. The first-order valence-electron chi connectivity index (χ1n) is 33.1. The van der Waals surface area contributed by atoms with Crippen molar-refractivity contribution in [3.63, 3.8) is 0 Å². The van der Waals surface area contributed by atoms with Gasteiger partial charge in [0.1, 0.15) is 17.1 Å². The average Bonchev–Trinajstić information content (AvgIpc) is 0.774. The van der Waals surface area contributed by atoms with Crippen molar-refractivity contribution in [1.29, 1.82) is 0 Å². The lowest BCUT2D eigenvalue weighted by molar-refractivity contribution is 0.605. The third-order valence-corrected chi connectivity index (χ3v) is 17.5. The highest BCUT2D eigenvalue weighted by Crippen LogP contribution is 2.41. The van der Waals surface area contributed by atoms with E-state index in [9.17, 15) is 25.3 Å². The van der Waals surface area contributed by atoms with Gasteiger partial charge in [0.15, 0.2) is 17.5 Å². The van der Waals surface area contributed by atoms with Crippen molar-refractivity contribution in [3.05, 3.63) is 309 Å². The molecule has 0 radical (unpaired) electrons. The van der Waals surface area contributed by atoms with Gasteiger partial charge in [0, 0.05) is 104 Å². The molecule has 21 nitrogen and oxygen atoms in total. The van der Waals surface area contributed by atoms with Crippen LogP contribution in [-0.2, 0) is 48.7 Å². The van der Waals surface area contributed by atoms with Gasteiger partial charge in [-0.25, -0.2) is 25.3 Å². The lowest BCUT2D eigenvalue weighted by atomic mass is 9.96. The molecule has 0 spiro atoms. The predicted octanol–water partition coefficient (Wildman–Crippen LogP) is 16.4. The Morgan fingerprint density at radius 2 is 0.594 bits per heavy atom. The van der Waals surface area contributed by atoms with Crippen LogP contribution in [0.25, 0.3) is 99.5 Å². The Labute approximate surface area is 618 Å². The molecule has 0 amide bonds. The van der Waals surface area contributed by atoms with Gasteiger partial charge in [-0.2, -0.15) is 0 Å². The summed E-state index contributed by atoms with van der Waals surface area (Å²) in [6, 6.07) is 84.7. The molecular formula is C81H70ClN15O6S3. The van der Waals surface area contributed by atoms with Crippen molar-refractivity contribution >= 4 is 107 Å². The molecule has 530 valence electrons. The van der Waals surface area contributed by atoms with Gasteiger partial charge in [-0.3, -0.25) is 24.4 Å². The number of anilines is 6. The third kappa shape index (κ3) is 19.6. The van der Waals surface area contributed by atoms with Crippen LogP contribution >= 0.6 is 10.7 Å². The lowest BCUT2D eigenvalue weighted by Crippen LogP contribution is -2.10. The summed E-state index contributed by atoms with van der Waals surface area (Å²) in [7, 11) is -5.57. The molecule has 0 fully saturated rings. The molecule has 0 unspecified atom stereocenters. The van der Waals surface area contributed by atoms with E-state index in [1.165, 1.54) is 18.0 Å². The van der Waals surface area contributed by atoms with E-state index in [1.54, 1.807) is 36.9 Å². The Kier molecular flexibility index (Phi) is 23.2. The zero-order chi connectivity index (χ0) is 74.1. The van der Waals surface area contributed by atoms with Gasteiger partial charge in [0.05, 0.1) is 48.2 Å². The number of hydrogen-bond donors (Lipinski definition) is 6. The molecule has 0 aliphatic carbocycles. The highest BCUT2D eigenvalue weighted by molar-refractivity contribution is 8.13.